The zero-order valence-electron chi connectivity index (χ0n) is 11.8. The Morgan fingerprint density at radius 1 is 0.957 bits per heavy atom. The molecule has 2 amide bonds. The first kappa shape index (κ1) is 16.5. The van der Waals surface area contributed by atoms with E-state index < -0.39 is 41.4 Å². The van der Waals surface area contributed by atoms with E-state index in [2.05, 4.69) is 15.6 Å². The second-order valence-corrected chi connectivity index (χ2v) is 4.54. The minimum Gasteiger partial charge on any atom is -0.350 e. The third-order valence-electron chi connectivity index (χ3n) is 2.93. The maximum atomic E-state index is 13.4. The van der Waals surface area contributed by atoms with Gasteiger partial charge in [-0.3, -0.25) is 14.6 Å². The topological polar surface area (TPSA) is 71.1 Å². The summed E-state index contributed by atoms with van der Waals surface area (Å²) in [5.41, 5.74) is 0.136. The number of nitrogens with zero attached hydrogens (tertiary/aromatic N) is 1. The largest absolute Gasteiger partial charge is 0.350 e. The molecule has 0 fully saturated rings. The van der Waals surface area contributed by atoms with Crippen LogP contribution in [0.1, 0.15) is 15.9 Å². The molecule has 8 heteroatoms. The molecule has 1 aromatic carbocycles. The number of carbonyl (C=O) groups excluding carboxylic acids is 2. The fraction of sp³-hybridized carbons (Fsp3) is 0.133. The average Bonchev–Trinajstić information content (AvgIpc) is 2.57. The van der Waals surface area contributed by atoms with Gasteiger partial charge in [0.05, 0.1) is 12.1 Å². The van der Waals surface area contributed by atoms with Crippen molar-refractivity contribution in [1.29, 1.82) is 0 Å². The Kier molecular flexibility index (Phi) is 5.29. The van der Waals surface area contributed by atoms with E-state index in [4.69, 9.17) is 0 Å². The molecular formula is C15H12F3N3O2. The third kappa shape index (κ3) is 4.29. The predicted octanol–water partition coefficient (Wildman–Crippen LogP) is 1.55. The van der Waals surface area contributed by atoms with E-state index in [-0.39, 0.29) is 6.54 Å². The molecule has 0 aliphatic carbocycles. The smallest absolute Gasteiger partial charge is 0.254 e. The molecule has 0 bridgehead atoms. The van der Waals surface area contributed by atoms with Gasteiger partial charge in [-0.1, -0.05) is 0 Å². The number of carbonyl (C=O) groups is 2. The van der Waals surface area contributed by atoms with Gasteiger partial charge in [-0.15, -0.1) is 0 Å². The quantitative estimate of drug-likeness (QED) is 0.820. The molecule has 1 aromatic heterocycles. The lowest BCUT2D eigenvalue weighted by molar-refractivity contribution is -0.120. The van der Waals surface area contributed by atoms with Crippen LogP contribution in [0.3, 0.4) is 0 Å². The summed E-state index contributed by atoms with van der Waals surface area (Å²) in [5, 5.41) is 4.66. The molecule has 0 aliphatic rings. The van der Waals surface area contributed by atoms with Gasteiger partial charge in [0.1, 0.15) is 0 Å². The maximum absolute atomic E-state index is 13.4. The van der Waals surface area contributed by atoms with Crippen LogP contribution >= 0.6 is 0 Å². The van der Waals surface area contributed by atoms with E-state index in [9.17, 15) is 22.8 Å². The van der Waals surface area contributed by atoms with Crippen molar-refractivity contribution in [3.05, 3.63) is 65.2 Å². The van der Waals surface area contributed by atoms with E-state index in [1.54, 1.807) is 24.5 Å². The predicted molar refractivity (Wildman–Crippen MR) is 74.7 cm³/mol. The van der Waals surface area contributed by atoms with Gasteiger partial charge in [0, 0.05) is 18.9 Å². The molecule has 1 heterocycles. The SMILES string of the molecule is O=C(CNC(=O)c1ccc(F)c(F)c1F)NCc1ccncc1. The molecule has 0 radical (unpaired) electrons. The Morgan fingerprint density at radius 3 is 2.35 bits per heavy atom. The summed E-state index contributed by atoms with van der Waals surface area (Å²) in [5.74, 6) is -6.26. The minimum atomic E-state index is -1.74. The Bertz CT molecular complexity index is 723. The van der Waals surface area contributed by atoms with Crippen molar-refractivity contribution in [2.75, 3.05) is 6.54 Å². The molecule has 2 aromatic rings. The van der Waals surface area contributed by atoms with Crippen LogP contribution in [0.25, 0.3) is 0 Å². The van der Waals surface area contributed by atoms with E-state index in [0.29, 0.717) is 6.07 Å². The van der Waals surface area contributed by atoms with Crippen LogP contribution < -0.4 is 10.6 Å². The van der Waals surface area contributed by atoms with E-state index in [1.807, 2.05) is 0 Å². The lowest BCUT2D eigenvalue weighted by Crippen LogP contribution is -2.37. The fourth-order valence-corrected chi connectivity index (χ4v) is 1.72. The van der Waals surface area contributed by atoms with Crippen molar-refractivity contribution in [2.45, 2.75) is 6.54 Å². The summed E-state index contributed by atoms with van der Waals surface area (Å²) in [6.45, 7) is -0.195. The van der Waals surface area contributed by atoms with E-state index in [1.165, 1.54) is 0 Å². The zero-order valence-corrected chi connectivity index (χ0v) is 11.8. The maximum Gasteiger partial charge on any atom is 0.254 e. The molecule has 0 unspecified atom stereocenters. The second kappa shape index (κ2) is 7.39. The number of nitrogens with one attached hydrogen (secondary N) is 2. The first-order chi connectivity index (χ1) is 11.0. The minimum absolute atomic E-state index is 0.233. The van der Waals surface area contributed by atoms with Gasteiger partial charge in [-0.2, -0.15) is 0 Å². The highest BCUT2D eigenvalue weighted by atomic mass is 19.2. The van der Waals surface area contributed by atoms with Gasteiger partial charge in [0.25, 0.3) is 5.91 Å². The highest BCUT2D eigenvalue weighted by Crippen LogP contribution is 2.14. The van der Waals surface area contributed by atoms with Crippen LogP contribution in [0.2, 0.25) is 0 Å². The highest BCUT2D eigenvalue weighted by molar-refractivity contribution is 5.96. The van der Waals surface area contributed by atoms with Gasteiger partial charge in [0.2, 0.25) is 5.91 Å². The average molecular weight is 323 g/mol. The molecule has 2 N–H and O–H groups in total. The molecule has 2 rings (SSSR count). The van der Waals surface area contributed by atoms with Gasteiger partial charge in [0.15, 0.2) is 17.5 Å². The Hall–Kier alpha value is -2.90. The molecule has 0 saturated heterocycles. The molecule has 23 heavy (non-hydrogen) atoms. The lowest BCUT2D eigenvalue weighted by Gasteiger charge is -2.08. The van der Waals surface area contributed by atoms with Gasteiger partial charge < -0.3 is 10.6 Å². The van der Waals surface area contributed by atoms with Crippen LogP contribution in [0, 0.1) is 17.5 Å². The molecule has 5 nitrogen and oxygen atoms in total. The Labute approximate surface area is 129 Å². The van der Waals surface area contributed by atoms with Crippen LogP contribution in [-0.2, 0) is 11.3 Å². The standard InChI is InChI=1S/C15H12F3N3O2/c16-11-2-1-10(13(17)14(11)18)15(23)21-8-12(22)20-7-9-3-5-19-6-4-9/h1-6H,7-8H2,(H,20,22)(H,21,23). The number of hydrogen-bond acceptors (Lipinski definition) is 3. The lowest BCUT2D eigenvalue weighted by atomic mass is 10.2. The first-order valence-electron chi connectivity index (χ1n) is 6.56. The van der Waals surface area contributed by atoms with Crippen LogP contribution in [-0.4, -0.2) is 23.3 Å². The number of hydrogen-bond donors (Lipinski definition) is 2. The molecule has 0 atom stereocenters. The summed E-state index contributed by atoms with van der Waals surface area (Å²) in [6, 6.07) is 4.85. The summed E-state index contributed by atoms with van der Waals surface area (Å²) < 4.78 is 39.3. The van der Waals surface area contributed by atoms with Crippen molar-refractivity contribution in [1.82, 2.24) is 15.6 Å². The molecular weight excluding hydrogens is 311 g/mol. The van der Waals surface area contributed by atoms with Crippen LogP contribution in [0.4, 0.5) is 13.2 Å². The van der Waals surface area contributed by atoms with Crippen LogP contribution in [0.15, 0.2) is 36.7 Å². The van der Waals surface area contributed by atoms with E-state index >= 15 is 0 Å². The Morgan fingerprint density at radius 2 is 1.65 bits per heavy atom. The number of rotatable bonds is 5. The monoisotopic (exact) mass is 323 g/mol. The van der Waals surface area contributed by atoms with Crippen molar-refractivity contribution in [3.8, 4) is 0 Å². The van der Waals surface area contributed by atoms with Crippen molar-refractivity contribution in [3.63, 3.8) is 0 Å². The fourth-order valence-electron chi connectivity index (χ4n) is 1.72. The molecule has 0 aliphatic heterocycles. The third-order valence-corrected chi connectivity index (χ3v) is 2.93. The summed E-state index contributed by atoms with van der Waals surface area (Å²) in [7, 11) is 0. The van der Waals surface area contributed by atoms with Gasteiger partial charge >= 0.3 is 0 Å². The van der Waals surface area contributed by atoms with E-state index in [0.717, 1.165) is 11.6 Å². The van der Waals surface area contributed by atoms with Gasteiger partial charge in [-0.25, -0.2) is 13.2 Å². The first-order valence-corrected chi connectivity index (χ1v) is 6.56. The number of amides is 2. The highest BCUT2D eigenvalue weighted by Gasteiger charge is 2.19. The molecule has 0 saturated carbocycles. The second-order valence-electron chi connectivity index (χ2n) is 4.54. The normalized spacial score (nSPS) is 10.2. The van der Waals surface area contributed by atoms with Crippen molar-refractivity contribution < 1.29 is 22.8 Å². The summed E-state index contributed by atoms with van der Waals surface area (Å²) >= 11 is 0. The molecule has 0 spiro atoms. The summed E-state index contributed by atoms with van der Waals surface area (Å²) in [4.78, 5) is 27.1. The van der Waals surface area contributed by atoms with Crippen LogP contribution in [0.5, 0.6) is 0 Å². The number of halogens is 3. The van der Waals surface area contributed by atoms with Crippen molar-refractivity contribution >= 4 is 11.8 Å². The summed E-state index contributed by atoms with van der Waals surface area (Å²) in [6.07, 6.45) is 3.13. The van der Waals surface area contributed by atoms with Crippen molar-refractivity contribution in [2.24, 2.45) is 0 Å². The molecule has 120 valence electrons. The number of aromatic nitrogens is 1. The number of pyridine rings is 1. The number of benzene rings is 1. The zero-order chi connectivity index (χ0) is 16.8. The Balaban J connectivity index is 1.87. The van der Waals surface area contributed by atoms with Gasteiger partial charge in [-0.05, 0) is 29.8 Å².